The summed E-state index contributed by atoms with van der Waals surface area (Å²) in [5, 5.41) is 3.09. The fraction of sp³-hybridized carbons (Fsp3) is 0.562. The van der Waals surface area contributed by atoms with Gasteiger partial charge in [-0.3, -0.25) is 4.90 Å². The number of hydrogen-bond donors (Lipinski definition) is 1. The van der Waals surface area contributed by atoms with Gasteiger partial charge in [0, 0.05) is 6.54 Å². The Morgan fingerprint density at radius 3 is 2.70 bits per heavy atom. The molecule has 1 unspecified atom stereocenters. The number of anilines is 2. The summed E-state index contributed by atoms with van der Waals surface area (Å²) in [5.74, 6) is 0.361. The number of benzene rings is 1. The summed E-state index contributed by atoms with van der Waals surface area (Å²) in [5.41, 5.74) is 1.10. The van der Waals surface area contributed by atoms with Crippen LogP contribution in [0.2, 0.25) is 0 Å². The van der Waals surface area contributed by atoms with Crippen LogP contribution in [0.25, 0.3) is 0 Å². The van der Waals surface area contributed by atoms with E-state index >= 15 is 0 Å². The number of halogens is 3. The molecule has 0 radical (unpaired) electrons. The molecule has 0 aromatic heterocycles. The standard InChI is InChI=1S/C16H19F3N2O2/c17-16(18,19)9-12-7-8-20-13-3-1-2-4-14(13)21(12)15(22)23-10-11-5-6-11/h1-4,11-12,20H,5-10H2. The van der Waals surface area contributed by atoms with Crippen molar-refractivity contribution >= 4 is 17.5 Å². The minimum absolute atomic E-state index is 0.215. The van der Waals surface area contributed by atoms with E-state index in [0.29, 0.717) is 23.8 Å². The molecule has 1 aliphatic heterocycles. The normalized spacial score (nSPS) is 21.2. The molecule has 23 heavy (non-hydrogen) atoms. The Labute approximate surface area is 132 Å². The van der Waals surface area contributed by atoms with Gasteiger partial charge in [0.05, 0.1) is 30.4 Å². The third-order valence-electron chi connectivity index (χ3n) is 4.12. The monoisotopic (exact) mass is 328 g/mol. The van der Waals surface area contributed by atoms with E-state index in [4.69, 9.17) is 4.74 Å². The number of carbonyl (C=O) groups is 1. The maximum Gasteiger partial charge on any atom is 0.414 e. The Bertz CT molecular complexity index is 573. The largest absolute Gasteiger partial charge is 0.449 e. The summed E-state index contributed by atoms with van der Waals surface area (Å²) >= 11 is 0. The summed E-state index contributed by atoms with van der Waals surface area (Å²) < 4.78 is 44.0. The minimum Gasteiger partial charge on any atom is -0.449 e. The molecule has 0 spiro atoms. The Kier molecular flexibility index (Phi) is 4.37. The number of rotatable bonds is 3. The van der Waals surface area contributed by atoms with Gasteiger partial charge in [0.2, 0.25) is 0 Å². The van der Waals surface area contributed by atoms with Crippen LogP contribution in [-0.2, 0) is 4.74 Å². The van der Waals surface area contributed by atoms with E-state index < -0.39 is 24.7 Å². The van der Waals surface area contributed by atoms with Gasteiger partial charge in [-0.2, -0.15) is 13.2 Å². The molecule has 0 bridgehead atoms. The fourth-order valence-corrected chi connectivity index (χ4v) is 2.78. The molecule has 2 aliphatic rings. The van der Waals surface area contributed by atoms with E-state index in [0.717, 1.165) is 12.8 Å². The minimum atomic E-state index is -4.33. The lowest BCUT2D eigenvalue weighted by atomic mass is 10.1. The molecule has 4 nitrogen and oxygen atoms in total. The molecule has 0 saturated heterocycles. The zero-order valence-corrected chi connectivity index (χ0v) is 12.6. The number of para-hydroxylation sites is 2. The second-order valence-corrected chi connectivity index (χ2v) is 6.10. The predicted molar refractivity (Wildman–Crippen MR) is 80.6 cm³/mol. The van der Waals surface area contributed by atoms with Crippen molar-refractivity contribution in [3.63, 3.8) is 0 Å². The van der Waals surface area contributed by atoms with Crippen LogP contribution in [-0.4, -0.2) is 31.5 Å². The second kappa shape index (κ2) is 6.29. The Balaban J connectivity index is 1.86. The maximum atomic E-state index is 12.9. The van der Waals surface area contributed by atoms with Gasteiger partial charge in [-0.1, -0.05) is 12.1 Å². The molecule has 1 atom stereocenters. The molecule has 1 aliphatic carbocycles. The van der Waals surface area contributed by atoms with E-state index in [1.54, 1.807) is 24.3 Å². The van der Waals surface area contributed by atoms with Gasteiger partial charge in [-0.15, -0.1) is 0 Å². The average Bonchev–Trinajstić information content (AvgIpc) is 3.30. The van der Waals surface area contributed by atoms with Gasteiger partial charge in [0.25, 0.3) is 0 Å². The van der Waals surface area contributed by atoms with Crippen molar-refractivity contribution in [2.24, 2.45) is 5.92 Å². The number of nitrogens with one attached hydrogen (secondary N) is 1. The van der Waals surface area contributed by atoms with Gasteiger partial charge in [0.15, 0.2) is 0 Å². The SMILES string of the molecule is O=C(OCC1CC1)N1c2ccccc2NCCC1CC(F)(F)F. The lowest BCUT2D eigenvalue weighted by Crippen LogP contribution is -2.43. The number of hydrogen-bond acceptors (Lipinski definition) is 3. The van der Waals surface area contributed by atoms with Gasteiger partial charge in [-0.05, 0) is 37.3 Å². The van der Waals surface area contributed by atoms with Crippen LogP contribution >= 0.6 is 0 Å². The van der Waals surface area contributed by atoms with Gasteiger partial charge >= 0.3 is 12.3 Å². The molecular weight excluding hydrogens is 309 g/mol. The molecule has 1 N–H and O–H groups in total. The number of alkyl halides is 3. The Hall–Kier alpha value is -1.92. The molecular formula is C16H19F3N2O2. The van der Waals surface area contributed by atoms with E-state index in [1.165, 1.54) is 4.90 Å². The summed E-state index contributed by atoms with van der Waals surface area (Å²) in [6.45, 7) is 0.661. The van der Waals surface area contributed by atoms with Crippen molar-refractivity contribution in [1.82, 2.24) is 0 Å². The summed E-state index contributed by atoms with van der Waals surface area (Å²) in [7, 11) is 0. The molecule has 1 aromatic carbocycles. The van der Waals surface area contributed by atoms with Crippen molar-refractivity contribution in [2.75, 3.05) is 23.4 Å². The van der Waals surface area contributed by atoms with Crippen LogP contribution in [0.5, 0.6) is 0 Å². The second-order valence-electron chi connectivity index (χ2n) is 6.10. The topological polar surface area (TPSA) is 41.6 Å². The van der Waals surface area contributed by atoms with Crippen LogP contribution in [0.3, 0.4) is 0 Å². The first-order valence-electron chi connectivity index (χ1n) is 7.79. The smallest absolute Gasteiger partial charge is 0.414 e. The molecule has 1 saturated carbocycles. The van der Waals surface area contributed by atoms with Crippen molar-refractivity contribution in [1.29, 1.82) is 0 Å². The van der Waals surface area contributed by atoms with E-state index in [-0.39, 0.29) is 13.0 Å². The van der Waals surface area contributed by atoms with Crippen molar-refractivity contribution < 1.29 is 22.7 Å². The van der Waals surface area contributed by atoms with Crippen LogP contribution in [0.15, 0.2) is 24.3 Å². The third kappa shape index (κ3) is 4.09. The lowest BCUT2D eigenvalue weighted by molar-refractivity contribution is -0.138. The van der Waals surface area contributed by atoms with Crippen molar-refractivity contribution in [3.05, 3.63) is 24.3 Å². The van der Waals surface area contributed by atoms with Crippen LogP contribution in [0, 0.1) is 5.92 Å². The van der Waals surface area contributed by atoms with E-state index in [2.05, 4.69) is 5.32 Å². The third-order valence-corrected chi connectivity index (χ3v) is 4.12. The lowest BCUT2D eigenvalue weighted by Gasteiger charge is -2.30. The van der Waals surface area contributed by atoms with Gasteiger partial charge < -0.3 is 10.1 Å². The fourth-order valence-electron chi connectivity index (χ4n) is 2.78. The first-order valence-corrected chi connectivity index (χ1v) is 7.79. The molecule has 7 heteroatoms. The van der Waals surface area contributed by atoms with Crippen LogP contribution < -0.4 is 10.2 Å². The van der Waals surface area contributed by atoms with Crippen LogP contribution in [0.4, 0.5) is 29.3 Å². The van der Waals surface area contributed by atoms with E-state index in [1.807, 2.05) is 0 Å². The Morgan fingerprint density at radius 1 is 1.26 bits per heavy atom. The molecule has 3 rings (SSSR count). The van der Waals surface area contributed by atoms with Gasteiger partial charge in [-0.25, -0.2) is 4.79 Å². The first-order chi connectivity index (χ1) is 10.9. The summed E-state index contributed by atoms with van der Waals surface area (Å²) in [6.07, 6.45) is -3.83. The van der Waals surface area contributed by atoms with Crippen molar-refractivity contribution in [3.8, 4) is 0 Å². The molecule has 1 fully saturated rings. The van der Waals surface area contributed by atoms with E-state index in [9.17, 15) is 18.0 Å². The zero-order chi connectivity index (χ0) is 16.4. The quantitative estimate of drug-likeness (QED) is 0.905. The number of fused-ring (bicyclic) bond motifs is 1. The van der Waals surface area contributed by atoms with Crippen LogP contribution in [0.1, 0.15) is 25.7 Å². The molecule has 126 valence electrons. The number of carbonyl (C=O) groups excluding carboxylic acids is 1. The zero-order valence-electron chi connectivity index (χ0n) is 12.6. The van der Waals surface area contributed by atoms with Crippen molar-refractivity contribution in [2.45, 2.75) is 37.9 Å². The van der Waals surface area contributed by atoms with Gasteiger partial charge in [0.1, 0.15) is 0 Å². The first kappa shape index (κ1) is 16.0. The number of nitrogens with zero attached hydrogens (tertiary/aromatic N) is 1. The highest BCUT2D eigenvalue weighted by atomic mass is 19.4. The number of amides is 1. The highest BCUT2D eigenvalue weighted by molar-refractivity contribution is 5.93. The molecule has 1 aromatic rings. The predicted octanol–water partition coefficient (Wildman–Crippen LogP) is 4.18. The maximum absolute atomic E-state index is 12.9. The summed E-state index contributed by atoms with van der Waals surface area (Å²) in [4.78, 5) is 13.6. The number of ether oxygens (including phenoxy) is 1. The highest BCUT2D eigenvalue weighted by Crippen LogP contribution is 2.36. The molecule has 1 amide bonds. The summed E-state index contributed by atoms with van der Waals surface area (Å²) in [6, 6.07) is 5.93. The Morgan fingerprint density at radius 2 is 2.00 bits per heavy atom. The molecule has 1 heterocycles. The average molecular weight is 328 g/mol. The highest BCUT2D eigenvalue weighted by Gasteiger charge is 2.39.